The Morgan fingerprint density at radius 3 is 2.76 bits per heavy atom. The second-order valence-corrected chi connectivity index (χ2v) is 7.03. The molecule has 2 rings (SSSR count). The van der Waals surface area contributed by atoms with E-state index in [-0.39, 0.29) is 6.04 Å². The first-order valence-corrected chi connectivity index (χ1v) is 7.67. The number of nitrogens with two attached hydrogens (primary N) is 1. The van der Waals surface area contributed by atoms with Gasteiger partial charge in [0.1, 0.15) is 0 Å². The average Bonchev–Trinajstić information content (AvgIpc) is 2.82. The zero-order chi connectivity index (χ0) is 12.6. The minimum atomic E-state index is -0.137. The van der Waals surface area contributed by atoms with Crippen LogP contribution >= 0.6 is 43.2 Å². The average molecular weight is 379 g/mol. The smallest absolute Gasteiger partial charge is 0.0829 e. The second kappa shape index (κ2) is 5.22. The van der Waals surface area contributed by atoms with Crippen molar-refractivity contribution in [3.05, 3.63) is 36.7 Å². The van der Waals surface area contributed by atoms with Crippen molar-refractivity contribution >= 4 is 43.2 Å². The Hall–Kier alpha value is -0.170. The summed E-state index contributed by atoms with van der Waals surface area (Å²) in [5.74, 6) is 0. The molecule has 0 fully saturated rings. The minimum absolute atomic E-state index is 0.137. The second-order valence-electron chi connectivity index (χ2n) is 3.78. The Balaban J connectivity index is 2.42. The normalized spacial score (nSPS) is 13.0. The zero-order valence-electron chi connectivity index (χ0n) is 9.58. The molecule has 3 nitrogen and oxygen atoms in total. The first-order chi connectivity index (χ1) is 8.04. The molecule has 1 atom stereocenters. The summed E-state index contributed by atoms with van der Waals surface area (Å²) in [6.45, 7) is 4.95. The van der Waals surface area contributed by atoms with Gasteiger partial charge in [0.15, 0.2) is 0 Å². The van der Waals surface area contributed by atoms with E-state index >= 15 is 0 Å². The molecule has 0 bridgehead atoms. The van der Waals surface area contributed by atoms with Gasteiger partial charge in [-0.15, -0.1) is 11.3 Å². The van der Waals surface area contributed by atoms with Crippen molar-refractivity contribution in [3.8, 4) is 0 Å². The molecule has 0 aliphatic heterocycles. The summed E-state index contributed by atoms with van der Waals surface area (Å²) in [6, 6.07) is 1.99. The molecular formula is C11H13Br2N3S. The summed E-state index contributed by atoms with van der Waals surface area (Å²) < 4.78 is 4.04. The van der Waals surface area contributed by atoms with E-state index in [1.807, 2.05) is 4.68 Å². The molecule has 0 saturated carbocycles. The predicted molar refractivity (Wildman–Crippen MR) is 78.4 cm³/mol. The standard InChI is InChI=1S/C11H13Br2N3S/c1-3-16-10(7(12)5-15-16)9(14)8-4-6(2)11(13)17-8/h4-5,9H,3,14H2,1-2H3. The maximum Gasteiger partial charge on any atom is 0.0829 e. The lowest BCUT2D eigenvalue weighted by Gasteiger charge is -2.12. The number of hydrogen-bond acceptors (Lipinski definition) is 3. The lowest BCUT2D eigenvalue weighted by molar-refractivity contribution is 0.602. The van der Waals surface area contributed by atoms with Gasteiger partial charge in [-0.05, 0) is 57.3 Å². The van der Waals surface area contributed by atoms with Gasteiger partial charge in [0.2, 0.25) is 0 Å². The van der Waals surface area contributed by atoms with E-state index in [1.54, 1.807) is 17.5 Å². The molecule has 17 heavy (non-hydrogen) atoms. The summed E-state index contributed by atoms with van der Waals surface area (Å²) in [5.41, 5.74) is 8.57. The van der Waals surface area contributed by atoms with E-state index in [0.29, 0.717) is 0 Å². The van der Waals surface area contributed by atoms with Crippen molar-refractivity contribution in [2.45, 2.75) is 26.4 Å². The van der Waals surface area contributed by atoms with Gasteiger partial charge in [0.25, 0.3) is 0 Å². The van der Waals surface area contributed by atoms with Crippen LogP contribution in [-0.2, 0) is 6.54 Å². The molecule has 2 heterocycles. The Morgan fingerprint density at radius 2 is 2.24 bits per heavy atom. The summed E-state index contributed by atoms with van der Waals surface area (Å²) in [4.78, 5) is 1.14. The van der Waals surface area contributed by atoms with Crippen LogP contribution in [0, 0.1) is 6.92 Å². The molecule has 0 aliphatic carbocycles. The Labute approximate surface area is 121 Å². The summed E-state index contributed by atoms with van der Waals surface area (Å²) in [6.07, 6.45) is 1.80. The van der Waals surface area contributed by atoms with Crippen LogP contribution in [0.1, 0.15) is 29.1 Å². The minimum Gasteiger partial charge on any atom is -0.318 e. The molecular weight excluding hydrogens is 366 g/mol. The third-order valence-electron chi connectivity index (χ3n) is 2.61. The first kappa shape index (κ1) is 13.3. The molecule has 92 valence electrons. The highest BCUT2D eigenvalue weighted by Crippen LogP contribution is 2.35. The van der Waals surface area contributed by atoms with E-state index in [1.165, 1.54) is 5.56 Å². The Kier molecular flexibility index (Phi) is 4.07. The van der Waals surface area contributed by atoms with E-state index < -0.39 is 0 Å². The fourth-order valence-corrected chi connectivity index (χ4v) is 3.82. The van der Waals surface area contributed by atoms with E-state index in [2.05, 4.69) is 56.9 Å². The predicted octanol–water partition coefficient (Wildman–Crippen LogP) is 3.85. The van der Waals surface area contributed by atoms with Crippen LogP contribution in [-0.4, -0.2) is 9.78 Å². The lowest BCUT2D eigenvalue weighted by atomic mass is 10.1. The highest BCUT2D eigenvalue weighted by Gasteiger charge is 2.20. The molecule has 0 aromatic carbocycles. The van der Waals surface area contributed by atoms with Crippen molar-refractivity contribution < 1.29 is 0 Å². The largest absolute Gasteiger partial charge is 0.318 e. The molecule has 2 aromatic heterocycles. The Morgan fingerprint density at radius 1 is 1.53 bits per heavy atom. The number of thiophene rings is 1. The van der Waals surface area contributed by atoms with Crippen LogP contribution in [0.25, 0.3) is 0 Å². The molecule has 0 spiro atoms. The fraction of sp³-hybridized carbons (Fsp3) is 0.364. The zero-order valence-corrected chi connectivity index (χ0v) is 13.6. The van der Waals surface area contributed by atoms with E-state index in [0.717, 1.165) is 25.4 Å². The molecule has 2 aromatic rings. The molecule has 6 heteroatoms. The van der Waals surface area contributed by atoms with Gasteiger partial charge in [-0.2, -0.15) is 5.10 Å². The topological polar surface area (TPSA) is 43.8 Å². The van der Waals surface area contributed by atoms with Gasteiger partial charge in [-0.1, -0.05) is 0 Å². The molecule has 0 radical (unpaired) electrons. The van der Waals surface area contributed by atoms with Crippen molar-refractivity contribution in [2.24, 2.45) is 5.73 Å². The van der Waals surface area contributed by atoms with Gasteiger partial charge in [-0.25, -0.2) is 0 Å². The Bertz CT molecular complexity index is 513. The number of hydrogen-bond donors (Lipinski definition) is 1. The molecule has 0 aliphatic rings. The van der Waals surface area contributed by atoms with Crippen LogP contribution in [0.5, 0.6) is 0 Å². The quantitative estimate of drug-likeness (QED) is 0.881. The number of rotatable bonds is 3. The van der Waals surface area contributed by atoms with Crippen molar-refractivity contribution in [2.75, 3.05) is 0 Å². The molecule has 1 unspecified atom stereocenters. The van der Waals surface area contributed by atoms with Crippen LogP contribution in [0.3, 0.4) is 0 Å². The molecule has 0 amide bonds. The molecule has 2 N–H and O–H groups in total. The highest BCUT2D eigenvalue weighted by molar-refractivity contribution is 9.11. The van der Waals surface area contributed by atoms with Gasteiger partial charge in [0.05, 0.1) is 26.2 Å². The van der Waals surface area contributed by atoms with Gasteiger partial charge < -0.3 is 5.73 Å². The highest BCUT2D eigenvalue weighted by atomic mass is 79.9. The maximum atomic E-state index is 6.32. The third-order valence-corrected chi connectivity index (χ3v) is 5.44. The van der Waals surface area contributed by atoms with Gasteiger partial charge in [-0.3, -0.25) is 4.68 Å². The van der Waals surface area contributed by atoms with Crippen molar-refractivity contribution in [3.63, 3.8) is 0 Å². The van der Waals surface area contributed by atoms with E-state index in [4.69, 9.17) is 5.73 Å². The number of nitrogens with zero attached hydrogens (tertiary/aromatic N) is 2. The maximum absolute atomic E-state index is 6.32. The summed E-state index contributed by atoms with van der Waals surface area (Å²) in [5, 5.41) is 4.29. The number of aromatic nitrogens is 2. The van der Waals surface area contributed by atoms with Crippen LogP contribution in [0.2, 0.25) is 0 Å². The van der Waals surface area contributed by atoms with Gasteiger partial charge in [0, 0.05) is 11.4 Å². The SMILES string of the molecule is CCn1ncc(Br)c1C(N)c1cc(C)c(Br)s1. The lowest BCUT2D eigenvalue weighted by Crippen LogP contribution is -2.16. The van der Waals surface area contributed by atoms with Crippen molar-refractivity contribution in [1.29, 1.82) is 0 Å². The summed E-state index contributed by atoms with van der Waals surface area (Å²) in [7, 11) is 0. The number of aryl methyl sites for hydroxylation is 2. The third kappa shape index (κ3) is 2.50. The van der Waals surface area contributed by atoms with Crippen LogP contribution < -0.4 is 5.73 Å². The monoisotopic (exact) mass is 377 g/mol. The molecule has 0 saturated heterocycles. The summed E-state index contributed by atoms with van der Waals surface area (Å²) >= 11 is 8.72. The fourth-order valence-electron chi connectivity index (χ4n) is 1.70. The van der Waals surface area contributed by atoms with Gasteiger partial charge >= 0.3 is 0 Å². The van der Waals surface area contributed by atoms with Crippen molar-refractivity contribution in [1.82, 2.24) is 9.78 Å². The van der Waals surface area contributed by atoms with Crippen LogP contribution in [0.15, 0.2) is 20.5 Å². The van der Waals surface area contributed by atoms with E-state index in [9.17, 15) is 0 Å². The first-order valence-electron chi connectivity index (χ1n) is 5.27. The van der Waals surface area contributed by atoms with Crippen LogP contribution in [0.4, 0.5) is 0 Å². The number of halogens is 2.